The second-order valence-electron chi connectivity index (χ2n) is 5.09. The summed E-state index contributed by atoms with van der Waals surface area (Å²) < 4.78 is 0.753. The normalized spacial score (nSPS) is 23.0. The lowest BCUT2D eigenvalue weighted by Gasteiger charge is -2.13. The van der Waals surface area contributed by atoms with Crippen molar-refractivity contribution in [3.05, 3.63) is 32.8 Å². The fourth-order valence-electron chi connectivity index (χ4n) is 2.53. The topological polar surface area (TPSA) is 55.2 Å². The van der Waals surface area contributed by atoms with Crippen LogP contribution in [0.5, 0.6) is 0 Å². The van der Waals surface area contributed by atoms with Crippen molar-refractivity contribution >= 4 is 27.3 Å². The molecule has 2 rings (SSSR count). The third-order valence-corrected chi connectivity index (χ3v) is 4.20. The Morgan fingerprint density at radius 2 is 2.28 bits per heavy atom. The van der Waals surface area contributed by atoms with Crippen LogP contribution >= 0.6 is 15.9 Å². The maximum atomic E-state index is 10.6. The average molecular weight is 313 g/mol. The van der Waals surface area contributed by atoms with Crippen LogP contribution in [0.4, 0.5) is 11.4 Å². The van der Waals surface area contributed by atoms with Crippen molar-refractivity contribution in [3.8, 4) is 0 Å². The van der Waals surface area contributed by atoms with Crippen LogP contribution in [0.1, 0.15) is 26.2 Å². The third-order valence-electron chi connectivity index (χ3n) is 3.55. The molecule has 0 aliphatic heterocycles. The molecule has 2 atom stereocenters. The number of benzene rings is 1. The molecule has 0 heterocycles. The Morgan fingerprint density at radius 1 is 1.50 bits per heavy atom. The van der Waals surface area contributed by atoms with Crippen molar-refractivity contribution in [1.29, 1.82) is 0 Å². The van der Waals surface area contributed by atoms with Crippen molar-refractivity contribution in [3.63, 3.8) is 0 Å². The molecule has 0 saturated heterocycles. The highest BCUT2D eigenvalue weighted by Crippen LogP contribution is 2.32. The fourth-order valence-corrected chi connectivity index (χ4v) is 3.03. The molecule has 0 bridgehead atoms. The van der Waals surface area contributed by atoms with Gasteiger partial charge in [0.25, 0.3) is 5.69 Å². The molecule has 1 fully saturated rings. The Labute approximate surface area is 115 Å². The minimum absolute atomic E-state index is 0.113. The lowest BCUT2D eigenvalue weighted by Crippen LogP contribution is -2.11. The van der Waals surface area contributed by atoms with E-state index in [9.17, 15) is 10.1 Å². The van der Waals surface area contributed by atoms with E-state index in [0.717, 1.165) is 28.5 Å². The Kier molecular flexibility index (Phi) is 4.22. The number of hydrogen-bond donors (Lipinski definition) is 1. The summed E-state index contributed by atoms with van der Waals surface area (Å²) in [5.74, 6) is 1.55. The molecule has 2 unspecified atom stereocenters. The molecule has 1 N–H and O–H groups in total. The first-order valence-electron chi connectivity index (χ1n) is 6.24. The standard InChI is InChI=1S/C13H17BrN2O2/c1-9-2-3-10(6-9)8-15-13-5-4-11(16(17)18)7-12(13)14/h4-5,7,9-10,15H,2-3,6,8H2,1H3. The molecule has 1 aromatic carbocycles. The molecule has 0 radical (unpaired) electrons. The van der Waals surface area contributed by atoms with Crippen LogP contribution in [0.3, 0.4) is 0 Å². The van der Waals surface area contributed by atoms with Gasteiger partial charge in [-0.2, -0.15) is 0 Å². The van der Waals surface area contributed by atoms with E-state index in [0.29, 0.717) is 0 Å². The summed E-state index contributed by atoms with van der Waals surface area (Å²) in [5, 5.41) is 14.0. The highest BCUT2D eigenvalue weighted by Gasteiger charge is 2.21. The van der Waals surface area contributed by atoms with Gasteiger partial charge in [-0.25, -0.2) is 0 Å². The van der Waals surface area contributed by atoms with E-state index in [1.54, 1.807) is 12.1 Å². The summed E-state index contributed by atoms with van der Waals surface area (Å²) in [4.78, 5) is 10.3. The van der Waals surface area contributed by atoms with E-state index < -0.39 is 0 Å². The number of hydrogen-bond acceptors (Lipinski definition) is 3. The summed E-state index contributed by atoms with van der Waals surface area (Å²) in [7, 11) is 0. The lowest BCUT2D eigenvalue weighted by molar-refractivity contribution is -0.384. The van der Waals surface area contributed by atoms with Gasteiger partial charge in [-0.1, -0.05) is 13.3 Å². The van der Waals surface area contributed by atoms with E-state index >= 15 is 0 Å². The number of nitrogens with zero attached hydrogens (tertiary/aromatic N) is 1. The predicted octanol–water partition coefficient (Wildman–Crippen LogP) is 4.21. The molecule has 0 aromatic heterocycles. The van der Waals surface area contributed by atoms with Gasteiger partial charge in [-0.05, 0) is 46.7 Å². The zero-order chi connectivity index (χ0) is 13.1. The summed E-state index contributed by atoms with van der Waals surface area (Å²) in [6, 6.07) is 4.84. The molecule has 4 nitrogen and oxygen atoms in total. The monoisotopic (exact) mass is 312 g/mol. The van der Waals surface area contributed by atoms with Crippen LogP contribution in [-0.2, 0) is 0 Å². The van der Waals surface area contributed by atoms with Crippen molar-refractivity contribution < 1.29 is 4.92 Å². The smallest absolute Gasteiger partial charge is 0.270 e. The Bertz CT molecular complexity index is 451. The maximum absolute atomic E-state index is 10.6. The molecular weight excluding hydrogens is 296 g/mol. The van der Waals surface area contributed by atoms with Crippen LogP contribution in [0.25, 0.3) is 0 Å². The van der Waals surface area contributed by atoms with Gasteiger partial charge < -0.3 is 5.32 Å². The quantitative estimate of drug-likeness (QED) is 0.669. The zero-order valence-electron chi connectivity index (χ0n) is 10.4. The summed E-state index contributed by atoms with van der Waals surface area (Å²) in [6.45, 7) is 3.24. The van der Waals surface area contributed by atoms with E-state index in [2.05, 4.69) is 28.2 Å². The van der Waals surface area contributed by atoms with Gasteiger partial charge in [-0.3, -0.25) is 10.1 Å². The molecule has 98 valence electrons. The van der Waals surface area contributed by atoms with E-state index in [1.807, 2.05) is 0 Å². The second-order valence-corrected chi connectivity index (χ2v) is 5.94. The highest BCUT2D eigenvalue weighted by molar-refractivity contribution is 9.10. The largest absolute Gasteiger partial charge is 0.384 e. The molecule has 1 aliphatic rings. The molecule has 1 saturated carbocycles. The van der Waals surface area contributed by atoms with Crippen molar-refractivity contribution in [1.82, 2.24) is 0 Å². The summed E-state index contributed by atoms with van der Waals surface area (Å²) in [6.07, 6.45) is 3.87. The van der Waals surface area contributed by atoms with Gasteiger partial charge in [0.2, 0.25) is 0 Å². The van der Waals surface area contributed by atoms with Crippen LogP contribution in [0.2, 0.25) is 0 Å². The molecule has 0 spiro atoms. The fraction of sp³-hybridized carbons (Fsp3) is 0.538. The zero-order valence-corrected chi connectivity index (χ0v) is 11.9. The number of non-ortho nitro benzene ring substituents is 1. The number of nitrogens with one attached hydrogen (secondary N) is 1. The number of rotatable bonds is 4. The van der Waals surface area contributed by atoms with Gasteiger partial charge in [0.15, 0.2) is 0 Å². The summed E-state index contributed by atoms with van der Waals surface area (Å²) in [5.41, 5.74) is 1.04. The minimum atomic E-state index is -0.382. The lowest BCUT2D eigenvalue weighted by atomic mass is 10.1. The Balaban J connectivity index is 1.95. The SMILES string of the molecule is CC1CCC(CNc2ccc([N+](=O)[O-])cc2Br)C1. The van der Waals surface area contributed by atoms with Gasteiger partial charge in [0.05, 0.1) is 4.92 Å². The van der Waals surface area contributed by atoms with Crippen LogP contribution in [0.15, 0.2) is 22.7 Å². The number of nitro groups is 1. The first kappa shape index (κ1) is 13.3. The van der Waals surface area contributed by atoms with Crippen LogP contribution in [0, 0.1) is 22.0 Å². The Morgan fingerprint density at radius 3 is 2.83 bits per heavy atom. The maximum Gasteiger partial charge on any atom is 0.270 e. The van der Waals surface area contributed by atoms with E-state index in [-0.39, 0.29) is 10.6 Å². The number of anilines is 1. The molecule has 1 aromatic rings. The first-order chi connectivity index (χ1) is 8.56. The van der Waals surface area contributed by atoms with E-state index in [1.165, 1.54) is 25.3 Å². The summed E-state index contributed by atoms with van der Waals surface area (Å²) >= 11 is 3.37. The third kappa shape index (κ3) is 3.22. The van der Waals surface area contributed by atoms with Crippen molar-refractivity contribution in [2.75, 3.05) is 11.9 Å². The first-order valence-corrected chi connectivity index (χ1v) is 7.03. The van der Waals surface area contributed by atoms with Crippen molar-refractivity contribution in [2.24, 2.45) is 11.8 Å². The molecule has 0 amide bonds. The minimum Gasteiger partial charge on any atom is -0.384 e. The molecule has 1 aliphatic carbocycles. The van der Waals surface area contributed by atoms with Gasteiger partial charge in [0, 0.05) is 28.8 Å². The number of nitro benzene ring substituents is 1. The Hall–Kier alpha value is -1.10. The second kappa shape index (κ2) is 5.69. The van der Waals surface area contributed by atoms with Crippen molar-refractivity contribution in [2.45, 2.75) is 26.2 Å². The van der Waals surface area contributed by atoms with Crippen LogP contribution in [-0.4, -0.2) is 11.5 Å². The molecule has 5 heteroatoms. The van der Waals surface area contributed by atoms with Gasteiger partial charge in [-0.15, -0.1) is 0 Å². The van der Waals surface area contributed by atoms with Crippen LogP contribution < -0.4 is 5.32 Å². The predicted molar refractivity (Wildman–Crippen MR) is 75.8 cm³/mol. The number of halogens is 1. The average Bonchev–Trinajstić information content (AvgIpc) is 2.73. The molecular formula is C13H17BrN2O2. The van der Waals surface area contributed by atoms with E-state index in [4.69, 9.17) is 0 Å². The molecule has 18 heavy (non-hydrogen) atoms. The van der Waals surface area contributed by atoms with Gasteiger partial charge >= 0.3 is 0 Å². The highest BCUT2D eigenvalue weighted by atomic mass is 79.9. The van der Waals surface area contributed by atoms with Gasteiger partial charge in [0.1, 0.15) is 0 Å².